The normalized spacial score (nSPS) is 11.2. The third kappa shape index (κ3) is 8.21. The smallest absolute Gasteiger partial charge is 0.416 e. The van der Waals surface area contributed by atoms with Crippen molar-refractivity contribution in [3.8, 4) is 0 Å². The van der Waals surface area contributed by atoms with Crippen molar-refractivity contribution in [2.75, 3.05) is 13.2 Å². The number of ether oxygens (including phenoxy) is 1. The van der Waals surface area contributed by atoms with Gasteiger partial charge in [0.15, 0.2) is 6.61 Å². The lowest BCUT2D eigenvalue weighted by atomic mass is 10.1. The van der Waals surface area contributed by atoms with Gasteiger partial charge >= 0.3 is 12.1 Å². The van der Waals surface area contributed by atoms with Crippen molar-refractivity contribution in [2.24, 2.45) is 0 Å². The summed E-state index contributed by atoms with van der Waals surface area (Å²) < 4.78 is 43.9. The van der Waals surface area contributed by atoms with Crippen molar-refractivity contribution in [3.63, 3.8) is 0 Å². The molecule has 190 valence electrons. The van der Waals surface area contributed by atoms with Gasteiger partial charge in [-0.15, -0.1) is 0 Å². The molecule has 0 spiro atoms. The van der Waals surface area contributed by atoms with Crippen LogP contribution >= 0.6 is 0 Å². The molecule has 0 heterocycles. The molecule has 9 heteroatoms. The molecule has 0 unspecified atom stereocenters. The first-order valence-electron chi connectivity index (χ1n) is 11.2. The summed E-state index contributed by atoms with van der Waals surface area (Å²) in [5.74, 6) is -0.886. The molecular weight excluding hydrogens is 475 g/mol. The number of halogens is 3. The van der Waals surface area contributed by atoms with Crippen molar-refractivity contribution in [3.05, 3.63) is 107 Å². The second kappa shape index (κ2) is 12.9. The highest BCUT2D eigenvalue weighted by Gasteiger charge is 2.30. The van der Waals surface area contributed by atoms with Crippen LogP contribution in [0.4, 0.5) is 13.2 Å². The van der Waals surface area contributed by atoms with Gasteiger partial charge in [0.25, 0.3) is 5.91 Å². The monoisotopic (exact) mass is 501 g/mol. The summed E-state index contributed by atoms with van der Waals surface area (Å²) in [5.41, 5.74) is 1.70. The maximum Gasteiger partial charge on any atom is 0.416 e. The summed E-state index contributed by atoms with van der Waals surface area (Å²) in [7, 11) is 0. The summed E-state index contributed by atoms with van der Waals surface area (Å²) in [4.78, 5) is 36.2. The van der Waals surface area contributed by atoms with Crippen molar-refractivity contribution in [1.29, 1.82) is 0 Å². The number of amides is 1. The summed E-state index contributed by atoms with van der Waals surface area (Å²) in [6.07, 6.45) is -4.44. The van der Waals surface area contributed by atoms with E-state index in [1.807, 2.05) is 30.3 Å². The first-order valence-corrected chi connectivity index (χ1v) is 11.2. The van der Waals surface area contributed by atoms with Crippen LogP contribution in [-0.4, -0.2) is 30.0 Å². The molecule has 0 aliphatic heterocycles. The Morgan fingerprint density at radius 1 is 0.778 bits per heavy atom. The van der Waals surface area contributed by atoms with Gasteiger partial charge in [-0.2, -0.15) is 13.2 Å². The second-order valence-corrected chi connectivity index (χ2v) is 7.87. The van der Waals surface area contributed by atoms with E-state index in [2.05, 4.69) is 0 Å². The zero-order valence-corrected chi connectivity index (χ0v) is 19.7. The van der Waals surface area contributed by atoms with E-state index in [0.29, 0.717) is 16.7 Å². The van der Waals surface area contributed by atoms with Gasteiger partial charge in [-0.3, -0.25) is 4.79 Å². The van der Waals surface area contributed by atoms with Crippen LogP contribution < -0.4 is 0 Å². The Morgan fingerprint density at radius 3 is 1.92 bits per heavy atom. The summed E-state index contributed by atoms with van der Waals surface area (Å²) in [6, 6.07) is 20.5. The maximum absolute atomic E-state index is 12.9. The van der Waals surface area contributed by atoms with Gasteiger partial charge in [0.05, 0.1) is 17.7 Å². The fraction of sp³-hybridized carbons (Fsp3) is 0.259. The second-order valence-electron chi connectivity index (χ2n) is 7.87. The third-order valence-electron chi connectivity index (χ3n) is 5.17. The number of benzene rings is 3. The van der Waals surface area contributed by atoms with Gasteiger partial charge in [0.2, 0.25) is 0 Å². The zero-order valence-electron chi connectivity index (χ0n) is 19.7. The van der Waals surface area contributed by atoms with Gasteiger partial charge in [0.1, 0.15) is 6.61 Å². The van der Waals surface area contributed by atoms with Crippen LogP contribution in [0, 0.1) is 0 Å². The van der Waals surface area contributed by atoms with Crippen LogP contribution in [0.2, 0.25) is 0 Å². The highest BCUT2D eigenvalue weighted by Crippen LogP contribution is 2.29. The van der Waals surface area contributed by atoms with Gasteiger partial charge < -0.3 is 9.64 Å². The van der Waals surface area contributed by atoms with E-state index in [9.17, 15) is 22.8 Å². The summed E-state index contributed by atoms with van der Waals surface area (Å²) >= 11 is 0. The molecule has 6 nitrogen and oxygen atoms in total. The molecule has 0 fully saturated rings. The molecule has 0 saturated carbocycles. The third-order valence-corrected chi connectivity index (χ3v) is 5.17. The number of esters is 1. The minimum absolute atomic E-state index is 0.0628. The maximum atomic E-state index is 12.9. The molecule has 3 aromatic carbocycles. The van der Waals surface area contributed by atoms with Crippen molar-refractivity contribution in [1.82, 2.24) is 4.90 Å². The van der Waals surface area contributed by atoms with Crippen LogP contribution in [0.1, 0.15) is 39.5 Å². The predicted octanol–water partition coefficient (Wildman–Crippen LogP) is 5.56. The first kappa shape index (κ1) is 26.9. The van der Waals surface area contributed by atoms with Crippen molar-refractivity contribution >= 4 is 11.9 Å². The van der Waals surface area contributed by atoms with E-state index >= 15 is 0 Å². The SMILES string of the molecule is CCOOCC(=O)N(Cc1ccc(C(=O)OCc2ccccc2)cc1)Cc1ccc(C(F)(F)F)cc1. The number of hydrogen-bond acceptors (Lipinski definition) is 5. The van der Waals surface area contributed by atoms with Crippen LogP contribution in [-0.2, 0) is 45.2 Å². The van der Waals surface area contributed by atoms with E-state index < -0.39 is 23.6 Å². The topological polar surface area (TPSA) is 65.1 Å². The lowest BCUT2D eigenvalue weighted by Gasteiger charge is -2.23. The first-order chi connectivity index (χ1) is 17.3. The number of alkyl halides is 3. The van der Waals surface area contributed by atoms with Gasteiger partial charge in [-0.25, -0.2) is 14.6 Å². The molecule has 0 aromatic heterocycles. The Morgan fingerprint density at radius 2 is 1.36 bits per heavy atom. The Bertz CT molecular complexity index is 1120. The average molecular weight is 502 g/mol. The molecule has 36 heavy (non-hydrogen) atoms. The average Bonchev–Trinajstić information content (AvgIpc) is 2.88. The number of carbonyl (C=O) groups is 2. The Kier molecular flexibility index (Phi) is 9.61. The minimum atomic E-state index is -4.44. The number of rotatable bonds is 11. The molecule has 3 rings (SSSR count). The molecule has 0 radical (unpaired) electrons. The number of nitrogens with zero attached hydrogens (tertiary/aromatic N) is 1. The number of carbonyl (C=O) groups excluding carboxylic acids is 2. The van der Waals surface area contributed by atoms with E-state index in [0.717, 1.165) is 17.7 Å². The quantitative estimate of drug-likeness (QED) is 0.149. The Hall–Kier alpha value is -3.69. The van der Waals surface area contributed by atoms with E-state index in [-0.39, 0.29) is 32.9 Å². The molecule has 0 saturated heterocycles. The molecule has 0 aliphatic rings. The Balaban J connectivity index is 1.66. The minimum Gasteiger partial charge on any atom is -0.457 e. The highest BCUT2D eigenvalue weighted by atomic mass is 19.4. The lowest BCUT2D eigenvalue weighted by Crippen LogP contribution is -2.33. The Labute approximate surface area is 207 Å². The largest absolute Gasteiger partial charge is 0.457 e. The van der Waals surface area contributed by atoms with Crippen LogP contribution in [0.5, 0.6) is 0 Å². The fourth-order valence-corrected chi connectivity index (χ4v) is 3.29. The standard InChI is InChI=1S/C27H26F3NO5/c1-2-35-36-19-25(32)31(17-21-10-14-24(15-11-21)27(28,29)30)16-20-8-12-23(13-9-20)26(33)34-18-22-6-4-3-5-7-22/h3-15H,2,16-19H2,1H3. The number of hydrogen-bond donors (Lipinski definition) is 0. The summed E-state index contributed by atoms with van der Waals surface area (Å²) in [5, 5.41) is 0. The van der Waals surface area contributed by atoms with E-state index in [4.69, 9.17) is 14.5 Å². The highest BCUT2D eigenvalue weighted by molar-refractivity contribution is 5.89. The lowest BCUT2D eigenvalue weighted by molar-refractivity contribution is -0.287. The van der Waals surface area contributed by atoms with Gasteiger partial charge in [-0.1, -0.05) is 54.6 Å². The molecular formula is C27H26F3NO5. The van der Waals surface area contributed by atoms with Gasteiger partial charge in [-0.05, 0) is 47.9 Å². The molecule has 1 amide bonds. The predicted molar refractivity (Wildman–Crippen MR) is 125 cm³/mol. The molecule has 0 aliphatic carbocycles. The van der Waals surface area contributed by atoms with Crippen molar-refractivity contribution < 1.29 is 37.3 Å². The van der Waals surface area contributed by atoms with E-state index in [1.54, 1.807) is 31.2 Å². The van der Waals surface area contributed by atoms with Gasteiger partial charge in [0, 0.05) is 13.1 Å². The molecule has 0 N–H and O–H groups in total. The molecule has 0 atom stereocenters. The van der Waals surface area contributed by atoms with Crippen LogP contribution in [0.25, 0.3) is 0 Å². The molecule has 3 aromatic rings. The summed E-state index contributed by atoms with van der Waals surface area (Å²) in [6.45, 7) is 1.97. The van der Waals surface area contributed by atoms with E-state index in [1.165, 1.54) is 17.0 Å². The van der Waals surface area contributed by atoms with Crippen LogP contribution in [0.3, 0.4) is 0 Å². The molecule has 0 bridgehead atoms. The van der Waals surface area contributed by atoms with Crippen molar-refractivity contribution in [2.45, 2.75) is 32.8 Å². The zero-order chi connectivity index (χ0) is 26.0. The fourth-order valence-electron chi connectivity index (χ4n) is 3.29. The van der Waals surface area contributed by atoms with Crippen LogP contribution in [0.15, 0.2) is 78.9 Å².